The Morgan fingerprint density at radius 2 is 1.81 bits per heavy atom. The Hall–Kier alpha value is -2.83. The summed E-state index contributed by atoms with van der Waals surface area (Å²) >= 11 is 6.97. The molecule has 0 unspecified atom stereocenters. The summed E-state index contributed by atoms with van der Waals surface area (Å²) in [5.74, 6) is -0.471. The third kappa shape index (κ3) is 4.87. The van der Waals surface area contributed by atoms with Gasteiger partial charge in [0.2, 0.25) is 6.10 Å². The van der Waals surface area contributed by atoms with Gasteiger partial charge in [0, 0.05) is 17.3 Å². The van der Waals surface area contributed by atoms with Crippen LogP contribution in [0.4, 0.5) is 5.69 Å². The van der Waals surface area contributed by atoms with Crippen LogP contribution in [0.15, 0.2) is 66.7 Å². The third-order valence-electron chi connectivity index (χ3n) is 3.68. The monoisotopic (exact) mass is 401 g/mol. The van der Waals surface area contributed by atoms with Crippen LogP contribution >= 0.6 is 22.9 Å². The lowest BCUT2D eigenvalue weighted by molar-refractivity contribution is -0.125. The molecule has 27 heavy (non-hydrogen) atoms. The number of amides is 1. The van der Waals surface area contributed by atoms with Crippen molar-refractivity contribution < 1.29 is 19.1 Å². The van der Waals surface area contributed by atoms with E-state index in [9.17, 15) is 9.59 Å². The maximum Gasteiger partial charge on any atom is 0.349 e. The molecule has 1 amide bonds. The van der Waals surface area contributed by atoms with Gasteiger partial charge in [-0.05, 0) is 24.3 Å². The van der Waals surface area contributed by atoms with Crippen LogP contribution < -0.4 is 10.1 Å². The maximum atomic E-state index is 12.8. The summed E-state index contributed by atoms with van der Waals surface area (Å²) in [6.07, 6.45) is -1.11. The number of ether oxygens (including phenoxy) is 2. The number of hydrogen-bond donors (Lipinski definition) is 1. The highest BCUT2D eigenvalue weighted by Crippen LogP contribution is 2.26. The fraction of sp³-hybridized carbons (Fsp3) is 0.100. The molecule has 0 radical (unpaired) electrons. The number of hydrogen-bond acceptors (Lipinski definition) is 5. The fourth-order valence-electron chi connectivity index (χ4n) is 2.40. The van der Waals surface area contributed by atoms with Crippen molar-refractivity contribution in [1.82, 2.24) is 0 Å². The number of nitrogens with one attached hydrogen (secondary N) is 1. The summed E-state index contributed by atoms with van der Waals surface area (Å²) in [7, 11) is 1.54. The lowest BCUT2D eigenvalue weighted by Gasteiger charge is -2.18. The van der Waals surface area contributed by atoms with Gasteiger partial charge in [0.05, 0.1) is 11.4 Å². The maximum absolute atomic E-state index is 12.8. The van der Waals surface area contributed by atoms with Gasteiger partial charge in [-0.15, -0.1) is 11.3 Å². The first-order valence-corrected chi connectivity index (χ1v) is 9.22. The number of methoxy groups -OCH3 is 1. The van der Waals surface area contributed by atoms with E-state index in [1.54, 1.807) is 67.8 Å². The summed E-state index contributed by atoms with van der Waals surface area (Å²) in [6, 6.07) is 18.9. The molecule has 1 N–H and O–H groups in total. The highest BCUT2D eigenvalue weighted by Gasteiger charge is 2.26. The van der Waals surface area contributed by atoms with E-state index >= 15 is 0 Å². The van der Waals surface area contributed by atoms with Crippen LogP contribution in [0, 0.1) is 0 Å². The predicted octanol–water partition coefficient (Wildman–Crippen LogP) is 4.95. The molecule has 0 aliphatic rings. The minimum absolute atomic E-state index is 0.329. The van der Waals surface area contributed by atoms with E-state index in [2.05, 4.69) is 5.32 Å². The zero-order valence-corrected chi connectivity index (χ0v) is 15.9. The first kappa shape index (κ1) is 18.9. The van der Waals surface area contributed by atoms with E-state index in [-0.39, 0.29) is 0 Å². The molecule has 1 heterocycles. The van der Waals surface area contributed by atoms with Crippen LogP contribution in [0.1, 0.15) is 21.3 Å². The van der Waals surface area contributed by atoms with Gasteiger partial charge in [-0.2, -0.15) is 0 Å². The SMILES string of the molecule is COc1cccc(NC(=O)[C@H](OC(=O)c2ccc(Cl)s2)c2ccccc2)c1. The van der Waals surface area contributed by atoms with E-state index in [1.165, 1.54) is 0 Å². The number of halogens is 1. The minimum Gasteiger partial charge on any atom is -0.497 e. The Bertz CT molecular complexity index is 942. The van der Waals surface area contributed by atoms with Crippen molar-refractivity contribution >= 4 is 40.5 Å². The zero-order valence-electron chi connectivity index (χ0n) is 14.3. The summed E-state index contributed by atoms with van der Waals surface area (Å²) in [4.78, 5) is 25.6. The Morgan fingerprint density at radius 1 is 1.04 bits per heavy atom. The summed E-state index contributed by atoms with van der Waals surface area (Å²) in [5, 5.41) is 2.76. The quantitative estimate of drug-likeness (QED) is 0.594. The van der Waals surface area contributed by atoms with Gasteiger partial charge in [-0.3, -0.25) is 4.79 Å². The van der Waals surface area contributed by atoms with Crippen molar-refractivity contribution in [1.29, 1.82) is 0 Å². The average molecular weight is 402 g/mol. The van der Waals surface area contributed by atoms with Crippen LogP contribution in [0.5, 0.6) is 5.75 Å². The summed E-state index contributed by atoms with van der Waals surface area (Å²) < 4.78 is 11.1. The molecule has 1 aromatic heterocycles. The fourth-order valence-corrected chi connectivity index (χ4v) is 3.32. The lowest BCUT2D eigenvalue weighted by atomic mass is 10.1. The van der Waals surface area contributed by atoms with Crippen LogP contribution in [0.2, 0.25) is 4.34 Å². The molecule has 0 saturated heterocycles. The second kappa shape index (κ2) is 8.70. The lowest BCUT2D eigenvalue weighted by Crippen LogP contribution is -2.25. The second-order valence-electron chi connectivity index (χ2n) is 5.52. The molecule has 0 aliphatic carbocycles. The third-order valence-corrected chi connectivity index (χ3v) is 4.89. The molecule has 138 valence electrons. The minimum atomic E-state index is -1.11. The normalized spacial score (nSPS) is 11.5. The van der Waals surface area contributed by atoms with Crippen LogP contribution in [0.25, 0.3) is 0 Å². The number of benzene rings is 2. The van der Waals surface area contributed by atoms with Crippen LogP contribution in [-0.4, -0.2) is 19.0 Å². The van der Waals surface area contributed by atoms with Crippen LogP contribution in [0.3, 0.4) is 0 Å². The Morgan fingerprint density at radius 3 is 2.48 bits per heavy atom. The Balaban J connectivity index is 1.83. The first-order chi connectivity index (χ1) is 13.1. The average Bonchev–Trinajstić information content (AvgIpc) is 3.13. The van der Waals surface area contributed by atoms with E-state index < -0.39 is 18.0 Å². The molecule has 0 aliphatic heterocycles. The highest BCUT2D eigenvalue weighted by molar-refractivity contribution is 7.17. The largest absolute Gasteiger partial charge is 0.497 e. The van der Waals surface area contributed by atoms with Gasteiger partial charge >= 0.3 is 5.97 Å². The number of thiophene rings is 1. The van der Waals surface area contributed by atoms with Crippen LogP contribution in [-0.2, 0) is 9.53 Å². The standard InChI is InChI=1S/C20H16ClNO4S/c1-25-15-9-5-8-14(12-15)22-19(23)18(13-6-3-2-4-7-13)26-20(24)16-10-11-17(21)27-16/h2-12,18H,1H3,(H,22,23)/t18-/m1/s1. The molecule has 3 aromatic rings. The topological polar surface area (TPSA) is 64.6 Å². The molecule has 0 spiro atoms. The molecular weight excluding hydrogens is 386 g/mol. The van der Waals surface area contributed by atoms with Crippen molar-refractivity contribution in [2.24, 2.45) is 0 Å². The number of carbonyl (C=O) groups is 2. The van der Waals surface area contributed by atoms with Crippen molar-refractivity contribution in [3.8, 4) is 5.75 Å². The van der Waals surface area contributed by atoms with Gasteiger partial charge in [0.15, 0.2) is 0 Å². The number of esters is 1. The van der Waals surface area contributed by atoms with Crippen molar-refractivity contribution in [2.75, 3.05) is 12.4 Å². The van der Waals surface area contributed by atoms with E-state index in [1.807, 2.05) is 6.07 Å². The molecule has 0 fully saturated rings. The molecule has 1 atom stereocenters. The van der Waals surface area contributed by atoms with E-state index in [0.29, 0.717) is 26.2 Å². The van der Waals surface area contributed by atoms with Gasteiger partial charge in [0.25, 0.3) is 5.91 Å². The van der Waals surface area contributed by atoms with Gasteiger partial charge < -0.3 is 14.8 Å². The number of rotatable bonds is 6. The zero-order chi connectivity index (χ0) is 19.2. The molecule has 0 saturated carbocycles. The Kier molecular flexibility index (Phi) is 6.11. The van der Waals surface area contributed by atoms with Gasteiger partial charge in [-0.25, -0.2) is 4.79 Å². The summed E-state index contributed by atoms with van der Waals surface area (Å²) in [5.41, 5.74) is 1.10. The second-order valence-corrected chi connectivity index (χ2v) is 7.24. The number of carbonyl (C=O) groups excluding carboxylic acids is 2. The molecule has 5 nitrogen and oxygen atoms in total. The van der Waals surface area contributed by atoms with Gasteiger partial charge in [0.1, 0.15) is 10.6 Å². The molecule has 0 bridgehead atoms. The van der Waals surface area contributed by atoms with Crippen molar-refractivity contribution in [3.63, 3.8) is 0 Å². The van der Waals surface area contributed by atoms with Gasteiger partial charge in [-0.1, -0.05) is 48.0 Å². The predicted molar refractivity (Wildman–Crippen MR) is 106 cm³/mol. The first-order valence-electron chi connectivity index (χ1n) is 8.03. The van der Waals surface area contributed by atoms with E-state index in [4.69, 9.17) is 21.1 Å². The molecule has 3 rings (SSSR count). The highest BCUT2D eigenvalue weighted by atomic mass is 35.5. The Labute approximate surface area is 165 Å². The molecular formula is C20H16ClNO4S. The molecule has 7 heteroatoms. The van der Waals surface area contributed by atoms with E-state index in [0.717, 1.165) is 11.3 Å². The molecule has 2 aromatic carbocycles. The van der Waals surface area contributed by atoms with Crippen molar-refractivity contribution in [3.05, 3.63) is 81.5 Å². The number of anilines is 1. The smallest absolute Gasteiger partial charge is 0.349 e. The summed E-state index contributed by atoms with van der Waals surface area (Å²) in [6.45, 7) is 0. The van der Waals surface area contributed by atoms with Crippen molar-refractivity contribution in [2.45, 2.75) is 6.10 Å².